The summed E-state index contributed by atoms with van der Waals surface area (Å²) in [7, 11) is 0. The zero-order valence-corrected chi connectivity index (χ0v) is 9.22. The van der Waals surface area contributed by atoms with Crippen LogP contribution in [-0.4, -0.2) is 6.54 Å². The van der Waals surface area contributed by atoms with Crippen LogP contribution in [0.25, 0.3) is 0 Å². The van der Waals surface area contributed by atoms with Crippen molar-refractivity contribution in [1.29, 1.82) is 0 Å². The fraction of sp³-hybridized carbons (Fsp3) is 0.500. The van der Waals surface area contributed by atoms with Gasteiger partial charge >= 0.3 is 0 Å². The van der Waals surface area contributed by atoms with Gasteiger partial charge in [-0.05, 0) is 24.9 Å². The fourth-order valence-corrected chi connectivity index (χ4v) is 2.00. The second kappa shape index (κ2) is 6.05. The van der Waals surface area contributed by atoms with Gasteiger partial charge in [-0.2, -0.15) is 0 Å². The average molecular weight is 212 g/mol. The maximum Gasteiger partial charge on any atom is 0.0320 e. The largest absolute Gasteiger partial charge is 0.310 e. The Hall–Kier alpha value is -0.530. The minimum Gasteiger partial charge on any atom is -0.310 e. The van der Waals surface area contributed by atoms with Gasteiger partial charge < -0.3 is 5.32 Å². The van der Waals surface area contributed by atoms with E-state index in [1.807, 2.05) is 0 Å². The maximum absolute atomic E-state index is 3.60. The highest BCUT2D eigenvalue weighted by Gasteiger charge is 2.12. The molecule has 0 aromatic heterocycles. The van der Waals surface area contributed by atoms with Gasteiger partial charge in [-0.25, -0.2) is 0 Å². The number of rotatable bonds is 1. The Kier molecular flexibility index (Phi) is 4.99. The topological polar surface area (TPSA) is 12.0 Å². The standard InChI is InChI=1S/C12H17N.ClH/c1-3-7-11(8-4-1)12-9-5-2-6-10-13-12;/h1,3-4,7-8,12-13H,2,5-6,9-10H2;1H. The molecule has 1 saturated heterocycles. The lowest BCUT2D eigenvalue weighted by molar-refractivity contribution is 0.535. The van der Waals surface area contributed by atoms with Crippen molar-refractivity contribution in [3.8, 4) is 0 Å². The molecule has 1 nitrogen and oxygen atoms in total. The van der Waals surface area contributed by atoms with Gasteiger partial charge in [-0.15, -0.1) is 12.4 Å². The lowest BCUT2D eigenvalue weighted by Crippen LogP contribution is -2.19. The van der Waals surface area contributed by atoms with Crippen LogP contribution in [-0.2, 0) is 0 Å². The van der Waals surface area contributed by atoms with Crippen molar-refractivity contribution in [3.63, 3.8) is 0 Å². The Labute approximate surface area is 92.3 Å². The van der Waals surface area contributed by atoms with Crippen LogP contribution in [0.1, 0.15) is 37.3 Å². The summed E-state index contributed by atoms with van der Waals surface area (Å²) >= 11 is 0. The average Bonchev–Trinajstić information content (AvgIpc) is 2.47. The Morgan fingerprint density at radius 3 is 2.57 bits per heavy atom. The van der Waals surface area contributed by atoms with E-state index in [-0.39, 0.29) is 12.4 Å². The molecule has 1 aromatic carbocycles. The molecule has 1 fully saturated rings. The van der Waals surface area contributed by atoms with Gasteiger partial charge in [0.05, 0.1) is 0 Å². The van der Waals surface area contributed by atoms with E-state index >= 15 is 0 Å². The maximum atomic E-state index is 3.60. The first kappa shape index (κ1) is 11.5. The fourth-order valence-electron chi connectivity index (χ4n) is 2.00. The zero-order valence-electron chi connectivity index (χ0n) is 8.41. The molecule has 1 unspecified atom stereocenters. The van der Waals surface area contributed by atoms with E-state index in [4.69, 9.17) is 0 Å². The van der Waals surface area contributed by atoms with Gasteiger partial charge in [-0.1, -0.05) is 43.2 Å². The van der Waals surface area contributed by atoms with Crippen molar-refractivity contribution in [1.82, 2.24) is 5.32 Å². The van der Waals surface area contributed by atoms with Crippen LogP contribution in [0.5, 0.6) is 0 Å². The molecule has 0 bridgehead atoms. The minimum absolute atomic E-state index is 0. The van der Waals surface area contributed by atoms with E-state index < -0.39 is 0 Å². The van der Waals surface area contributed by atoms with Crippen LogP contribution >= 0.6 is 12.4 Å². The van der Waals surface area contributed by atoms with Crippen LogP contribution in [0.15, 0.2) is 30.3 Å². The molecule has 1 N–H and O–H groups in total. The molecule has 2 rings (SSSR count). The van der Waals surface area contributed by atoms with Crippen molar-refractivity contribution in [3.05, 3.63) is 35.9 Å². The van der Waals surface area contributed by atoms with Gasteiger partial charge in [0.25, 0.3) is 0 Å². The van der Waals surface area contributed by atoms with Gasteiger partial charge in [0.15, 0.2) is 0 Å². The molecule has 14 heavy (non-hydrogen) atoms. The Morgan fingerprint density at radius 2 is 1.79 bits per heavy atom. The summed E-state index contributed by atoms with van der Waals surface area (Å²) in [5.74, 6) is 0. The summed E-state index contributed by atoms with van der Waals surface area (Å²) in [5, 5.41) is 3.60. The molecule has 2 heteroatoms. The SMILES string of the molecule is Cl.c1ccc(C2CCCCCN2)cc1. The van der Waals surface area contributed by atoms with E-state index in [1.54, 1.807) is 0 Å². The van der Waals surface area contributed by atoms with Gasteiger partial charge in [-0.3, -0.25) is 0 Å². The Morgan fingerprint density at radius 1 is 1.00 bits per heavy atom. The monoisotopic (exact) mass is 211 g/mol. The summed E-state index contributed by atoms with van der Waals surface area (Å²) in [6.07, 6.45) is 5.39. The highest BCUT2D eigenvalue weighted by atomic mass is 35.5. The number of nitrogens with one attached hydrogen (secondary N) is 1. The van der Waals surface area contributed by atoms with E-state index in [1.165, 1.54) is 37.8 Å². The van der Waals surface area contributed by atoms with Crippen molar-refractivity contribution in [2.45, 2.75) is 31.7 Å². The van der Waals surface area contributed by atoms with E-state index in [2.05, 4.69) is 35.6 Å². The molecule has 1 atom stereocenters. The molecule has 0 aliphatic carbocycles. The highest BCUT2D eigenvalue weighted by Crippen LogP contribution is 2.21. The summed E-state index contributed by atoms with van der Waals surface area (Å²) in [6, 6.07) is 11.4. The number of benzene rings is 1. The summed E-state index contributed by atoms with van der Waals surface area (Å²) in [5.41, 5.74) is 1.45. The molecule has 0 radical (unpaired) electrons. The van der Waals surface area contributed by atoms with Gasteiger partial charge in [0.1, 0.15) is 0 Å². The molecular weight excluding hydrogens is 194 g/mol. The molecule has 0 amide bonds. The van der Waals surface area contributed by atoms with Crippen LogP contribution in [0, 0.1) is 0 Å². The normalized spacial score (nSPS) is 22.1. The molecule has 1 aliphatic heterocycles. The van der Waals surface area contributed by atoms with Gasteiger partial charge in [0, 0.05) is 6.04 Å². The van der Waals surface area contributed by atoms with Crippen LogP contribution < -0.4 is 5.32 Å². The minimum atomic E-state index is 0. The molecular formula is C12H18ClN. The lowest BCUT2D eigenvalue weighted by atomic mass is 10.0. The Balaban J connectivity index is 0.000000980. The zero-order chi connectivity index (χ0) is 8.93. The predicted octanol–water partition coefficient (Wildman–Crippen LogP) is 3.31. The van der Waals surface area contributed by atoms with Gasteiger partial charge in [0.2, 0.25) is 0 Å². The number of hydrogen-bond acceptors (Lipinski definition) is 1. The van der Waals surface area contributed by atoms with Crippen molar-refractivity contribution < 1.29 is 0 Å². The number of hydrogen-bond donors (Lipinski definition) is 1. The quantitative estimate of drug-likeness (QED) is 0.752. The lowest BCUT2D eigenvalue weighted by Gasteiger charge is -2.15. The third-order valence-electron chi connectivity index (χ3n) is 2.76. The summed E-state index contributed by atoms with van der Waals surface area (Å²) in [4.78, 5) is 0. The first-order valence-corrected chi connectivity index (χ1v) is 5.25. The number of halogens is 1. The predicted molar refractivity (Wildman–Crippen MR) is 62.9 cm³/mol. The van der Waals surface area contributed by atoms with Crippen LogP contribution in [0.2, 0.25) is 0 Å². The molecule has 78 valence electrons. The second-order valence-electron chi connectivity index (χ2n) is 3.77. The first-order chi connectivity index (χ1) is 6.47. The highest BCUT2D eigenvalue weighted by molar-refractivity contribution is 5.85. The van der Waals surface area contributed by atoms with Crippen LogP contribution in [0.3, 0.4) is 0 Å². The molecule has 0 saturated carbocycles. The molecule has 1 heterocycles. The summed E-state index contributed by atoms with van der Waals surface area (Å²) in [6.45, 7) is 1.18. The van der Waals surface area contributed by atoms with Crippen LogP contribution in [0.4, 0.5) is 0 Å². The van der Waals surface area contributed by atoms with Crippen molar-refractivity contribution in [2.75, 3.05) is 6.54 Å². The molecule has 1 aromatic rings. The van der Waals surface area contributed by atoms with E-state index in [9.17, 15) is 0 Å². The Bertz CT molecular complexity index is 240. The molecule has 1 aliphatic rings. The smallest absolute Gasteiger partial charge is 0.0320 e. The third-order valence-corrected chi connectivity index (χ3v) is 2.76. The second-order valence-corrected chi connectivity index (χ2v) is 3.77. The molecule has 0 spiro atoms. The van der Waals surface area contributed by atoms with E-state index in [0.717, 1.165) is 0 Å². The van der Waals surface area contributed by atoms with E-state index in [0.29, 0.717) is 6.04 Å². The van der Waals surface area contributed by atoms with Crippen molar-refractivity contribution in [2.24, 2.45) is 0 Å². The van der Waals surface area contributed by atoms with Crippen molar-refractivity contribution >= 4 is 12.4 Å². The third kappa shape index (κ3) is 3.00. The first-order valence-electron chi connectivity index (χ1n) is 5.25. The summed E-state index contributed by atoms with van der Waals surface area (Å²) < 4.78 is 0.